The van der Waals surface area contributed by atoms with Gasteiger partial charge in [0.25, 0.3) is 0 Å². The minimum atomic E-state index is 0.737. The molecule has 4 N–H and O–H groups in total. The Kier molecular flexibility index (Phi) is 6.72. The van der Waals surface area contributed by atoms with Gasteiger partial charge >= 0.3 is 0 Å². The molecule has 0 saturated carbocycles. The molecule has 0 saturated heterocycles. The van der Waals surface area contributed by atoms with Crippen LogP contribution in [0.25, 0.3) is 0 Å². The minimum Gasteiger partial charge on any atom is -0.330 e. The average Bonchev–Trinajstić information content (AvgIpc) is 2.34. The van der Waals surface area contributed by atoms with E-state index in [2.05, 4.69) is 16.0 Å². The fourth-order valence-electron chi connectivity index (χ4n) is 1.62. The van der Waals surface area contributed by atoms with E-state index in [1.54, 1.807) is 0 Å². The molecule has 0 atom stereocenters. The van der Waals surface area contributed by atoms with Crippen molar-refractivity contribution in [2.75, 3.05) is 26.2 Å². The Bertz CT molecular complexity index is 255. The van der Waals surface area contributed by atoms with E-state index in [0.717, 1.165) is 51.3 Å². The quantitative estimate of drug-likeness (QED) is 0.675. The number of pyridine rings is 1. The maximum atomic E-state index is 5.53. The van der Waals surface area contributed by atoms with E-state index in [0.29, 0.717) is 0 Å². The molecular weight excluding hydrogens is 200 g/mol. The molecule has 0 radical (unpaired) electrons. The lowest BCUT2D eigenvalue weighted by molar-refractivity contribution is 0.259. The van der Waals surface area contributed by atoms with Gasteiger partial charge in [0.05, 0.1) is 5.69 Å². The van der Waals surface area contributed by atoms with E-state index in [9.17, 15) is 0 Å². The van der Waals surface area contributed by atoms with Crippen molar-refractivity contribution in [2.45, 2.75) is 19.4 Å². The number of aromatic nitrogens is 1. The monoisotopic (exact) mass is 222 g/mol. The molecule has 1 rings (SSSR count). The van der Waals surface area contributed by atoms with Gasteiger partial charge in [-0.05, 0) is 51.2 Å². The third kappa shape index (κ3) is 5.21. The minimum absolute atomic E-state index is 0.737. The van der Waals surface area contributed by atoms with E-state index >= 15 is 0 Å². The van der Waals surface area contributed by atoms with Crippen molar-refractivity contribution < 1.29 is 0 Å². The lowest BCUT2D eigenvalue weighted by Gasteiger charge is -2.21. The Hall–Kier alpha value is -0.970. The summed E-state index contributed by atoms with van der Waals surface area (Å²) in [6, 6.07) is 6.01. The Balaban J connectivity index is 2.42. The number of nitrogens with two attached hydrogens (primary N) is 2. The molecular formula is C12H22N4. The second-order valence-corrected chi connectivity index (χ2v) is 3.88. The van der Waals surface area contributed by atoms with Gasteiger partial charge in [0.2, 0.25) is 0 Å². The Morgan fingerprint density at radius 3 is 2.25 bits per heavy atom. The second kappa shape index (κ2) is 8.21. The van der Waals surface area contributed by atoms with Crippen LogP contribution in [0.1, 0.15) is 18.5 Å². The van der Waals surface area contributed by atoms with Crippen molar-refractivity contribution in [3.63, 3.8) is 0 Å². The number of rotatable bonds is 8. The summed E-state index contributed by atoms with van der Waals surface area (Å²) in [7, 11) is 0. The maximum absolute atomic E-state index is 5.53. The van der Waals surface area contributed by atoms with Gasteiger partial charge in [-0.3, -0.25) is 9.88 Å². The smallest absolute Gasteiger partial charge is 0.0543 e. The first-order chi connectivity index (χ1) is 7.86. The third-order valence-electron chi connectivity index (χ3n) is 2.47. The Morgan fingerprint density at radius 2 is 1.75 bits per heavy atom. The van der Waals surface area contributed by atoms with Crippen LogP contribution in [0, 0.1) is 0 Å². The van der Waals surface area contributed by atoms with Crippen LogP contribution in [0.4, 0.5) is 0 Å². The number of hydrogen-bond acceptors (Lipinski definition) is 4. The van der Waals surface area contributed by atoms with Gasteiger partial charge in [0.15, 0.2) is 0 Å². The van der Waals surface area contributed by atoms with E-state index in [1.807, 2.05) is 18.3 Å². The lowest BCUT2D eigenvalue weighted by atomic mass is 10.3. The highest BCUT2D eigenvalue weighted by Crippen LogP contribution is 2.02. The molecule has 0 aromatic carbocycles. The molecule has 90 valence electrons. The molecule has 0 aliphatic heterocycles. The van der Waals surface area contributed by atoms with Crippen LogP contribution in [-0.2, 0) is 6.54 Å². The largest absolute Gasteiger partial charge is 0.330 e. The summed E-state index contributed by atoms with van der Waals surface area (Å²) < 4.78 is 0. The zero-order chi connectivity index (χ0) is 11.6. The third-order valence-corrected chi connectivity index (χ3v) is 2.47. The van der Waals surface area contributed by atoms with Crippen LogP contribution in [-0.4, -0.2) is 36.1 Å². The van der Waals surface area contributed by atoms with E-state index < -0.39 is 0 Å². The molecule has 16 heavy (non-hydrogen) atoms. The molecule has 1 heterocycles. The molecule has 0 aliphatic carbocycles. The number of nitrogens with zero attached hydrogens (tertiary/aromatic N) is 2. The van der Waals surface area contributed by atoms with Crippen LogP contribution in [0.5, 0.6) is 0 Å². The second-order valence-electron chi connectivity index (χ2n) is 3.88. The molecule has 4 heteroatoms. The van der Waals surface area contributed by atoms with Gasteiger partial charge in [0, 0.05) is 12.7 Å². The molecule has 0 aliphatic rings. The first-order valence-electron chi connectivity index (χ1n) is 5.89. The van der Waals surface area contributed by atoms with Crippen molar-refractivity contribution in [3.05, 3.63) is 30.1 Å². The Morgan fingerprint density at radius 1 is 1.06 bits per heavy atom. The van der Waals surface area contributed by atoms with Crippen LogP contribution >= 0.6 is 0 Å². The molecule has 0 fully saturated rings. The van der Waals surface area contributed by atoms with Crippen molar-refractivity contribution in [1.29, 1.82) is 0 Å². The molecule has 4 nitrogen and oxygen atoms in total. The summed E-state index contributed by atoms with van der Waals surface area (Å²) in [6.45, 7) is 4.41. The van der Waals surface area contributed by atoms with Crippen molar-refractivity contribution in [3.8, 4) is 0 Å². The highest BCUT2D eigenvalue weighted by atomic mass is 15.1. The zero-order valence-corrected chi connectivity index (χ0v) is 9.81. The van der Waals surface area contributed by atoms with Gasteiger partial charge in [0.1, 0.15) is 0 Å². The fourth-order valence-corrected chi connectivity index (χ4v) is 1.62. The molecule has 1 aromatic heterocycles. The summed E-state index contributed by atoms with van der Waals surface area (Å²) in [5, 5.41) is 0. The summed E-state index contributed by atoms with van der Waals surface area (Å²) in [5.74, 6) is 0. The molecule has 1 aromatic rings. The number of hydrogen-bond donors (Lipinski definition) is 2. The molecule has 0 amide bonds. The van der Waals surface area contributed by atoms with Crippen molar-refractivity contribution in [1.82, 2.24) is 9.88 Å². The van der Waals surface area contributed by atoms with Gasteiger partial charge in [-0.1, -0.05) is 6.07 Å². The summed E-state index contributed by atoms with van der Waals surface area (Å²) in [5.41, 5.74) is 12.2. The van der Waals surface area contributed by atoms with E-state index in [1.165, 1.54) is 0 Å². The highest BCUT2D eigenvalue weighted by Gasteiger charge is 2.05. The van der Waals surface area contributed by atoms with Crippen LogP contribution in [0.2, 0.25) is 0 Å². The van der Waals surface area contributed by atoms with Gasteiger partial charge in [-0.2, -0.15) is 0 Å². The van der Waals surface area contributed by atoms with Gasteiger partial charge in [-0.25, -0.2) is 0 Å². The predicted molar refractivity (Wildman–Crippen MR) is 66.9 cm³/mol. The standard InChI is InChI=1S/C12H22N4/c13-6-3-9-16(10-4-7-14)11-12-5-1-2-8-15-12/h1-2,5,8H,3-4,6-7,9-11,13-14H2. The Labute approximate surface area is 97.6 Å². The molecule has 0 spiro atoms. The van der Waals surface area contributed by atoms with Crippen LogP contribution in [0.15, 0.2) is 24.4 Å². The molecule has 0 unspecified atom stereocenters. The first-order valence-corrected chi connectivity index (χ1v) is 5.89. The van der Waals surface area contributed by atoms with Gasteiger partial charge < -0.3 is 11.5 Å². The van der Waals surface area contributed by atoms with Crippen molar-refractivity contribution in [2.24, 2.45) is 11.5 Å². The summed E-state index contributed by atoms with van der Waals surface area (Å²) >= 11 is 0. The predicted octanol–water partition coefficient (Wildman–Crippen LogP) is 0.581. The van der Waals surface area contributed by atoms with Crippen LogP contribution in [0.3, 0.4) is 0 Å². The fraction of sp³-hybridized carbons (Fsp3) is 0.583. The normalized spacial score (nSPS) is 10.9. The average molecular weight is 222 g/mol. The van der Waals surface area contributed by atoms with E-state index in [-0.39, 0.29) is 0 Å². The van der Waals surface area contributed by atoms with Crippen molar-refractivity contribution >= 4 is 0 Å². The summed E-state index contributed by atoms with van der Waals surface area (Å²) in [4.78, 5) is 6.69. The van der Waals surface area contributed by atoms with Crippen LogP contribution < -0.4 is 11.5 Å². The van der Waals surface area contributed by atoms with E-state index in [4.69, 9.17) is 11.5 Å². The van der Waals surface area contributed by atoms with Gasteiger partial charge in [-0.15, -0.1) is 0 Å². The SMILES string of the molecule is NCCCN(CCCN)Cc1ccccn1. The maximum Gasteiger partial charge on any atom is 0.0543 e. The summed E-state index contributed by atoms with van der Waals surface area (Å²) in [6.07, 6.45) is 3.88. The lowest BCUT2D eigenvalue weighted by Crippen LogP contribution is -2.28. The first kappa shape index (κ1) is 13.1. The topological polar surface area (TPSA) is 68.2 Å². The molecule has 0 bridgehead atoms. The zero-order valence-electron chi connectivity index (χ0n) is 9.81. The highest BCUT2D eigenvalue weighted by molar-refractivity contribution is 5.03.